The minimum Gasteiger partial charge on any atom is -0.482 e. The number of aromatic nitrogens is 2. The molecule has 0 aliphatic heterocycles. The fourth-order valence-corrected chi connectivity index (χ4v) is 1.84. The average molecular weight is 318 g/mol. The molecule has 7 heteroatoms. The van der Waals surface area contributed by atoms with E-state index < -0.39 is 12.1 Å². The number of carbonyl (C=O) groups excluding carboxylic acids is 2. The minimum atomic E-state index is -0.642. The summed E-state index contributed by atoms with van der Waals surface area (Å²) in [6.07, 6.45) is -0.198. The van der Waals surface area contributed by atoms with Gasteiger partial charge >= 0.3 is 5.97 Å². The van der Waals surface area contributed by atoms with Crippen molar-refractivity contribution in [3.05, 3.63) is 41.5 Å². The van der Waals surface area contributed by atoms with Gasteiger partial charge in [-0.15, -0.1) is 0 Å². The second-order valence-electron chi connectivity index (χ2n) is 4.90. The highest BCUT2D eigenvalue weighted by Crippen LogP contribution is 2.16. The number of aryl methyl sites for hydroxylation is 1. The van der Waals surface area contributed by atoms with Gasteiger partial charge in [0.2, 0.25) is 0 Å². The molecule has 0 bridgehead atoms. The summed E-state index contributed by atoms with van der Waals surface area (Å²) in [5.74, 6) is 0.691. The van der Waals surface area contributed by atoms with Crippen molar-refractivity contribution in [1.82, 2.24) is 10.1 Å². The molecule has 1 unspecified atom stereocenters. The zero-order valence-electron chi connectivity index (χ0n) is 13.2. The predicted octanol–water partition coefficient (Wildman–Crippen LogP) is 2.65. The summed E-state index contributed by atoms with van der Waals surface area (Å²) in [6.45, 7) is 4.86. The molecule has 0 spiro atoms. The molecule has 1 heterocycles. The van der Waals surface area contributed by atoms with E-state index in [1.165, 1.54) is 0 Å². The molecule has 23 heavy (non-hydrogen) atoms. The van der Waals surface area contributed by atoms with Crippen LogP contribution in [0, 0.1) is 6.92 Å². The molecular weight excluding hydrogens is 300 g/mol. The lowest BCUT2D eigenvalue weighted by Crippen LogP contribution is -2.17. The van der Waals surface area contributed by atoms with Crippen LogP contribution in [0.5, 0.6) is 5.75 Å². The second kappa shape index (κ2) is 7.53. The zero-order valence-corrected chi connectivity index (χ0v) is 13.2. The van der Waals surface area contributed by atoms with Crippen LogP contribution in [0.15, 0.2) is 28.8 Å². The third-order valence-corrected chi connectivity index (χ3v) is 3.05. The van der Waals surface area contributed by atoms with Crippen molar-refractivity contribution in [2.24, 2.45) is 0 Å². The van der Waals surface area contributed by atoms with Crippen molar-refractivity contribution in [2.75, 3.05) is 6.61 Å². The zero-order chi connectivity index (χ0) is 16.8. The van der Waals surface area contributed by atoms with Crippen LogP contribution in [-0.2, 0) is 9.53 Å². The molecule has 0 saturated heterocycles. The quantitative estimate of drug-likeness (QED) is 0.572. The molecule has 0 radical (unpaired) electrons. The van der Waals surface area contributed by atoms with Crippen LogP contribution >= 0.6 is 0 Å². The standard InChI is InChI=1S/C16H18N2O5/c1-4-14(19)12-5-7-13(8-6-12)21-9-15(20)22-10(2)16-17-11(3)18-23-16/h5-8,10H,4,9H2,1-3H3. The third kappa shape index (κ3) is 4.64. The Hall–Kier alpha value is -2.70. The van der Waals surface area contributed by atoms with Gasteiger partial charge in [-0.2, -0.15) is 4.98 Å². The molecule has 1 aromatic carbocycles. The number of Topliss-reactive ketones (excluding diaryl/α,β-unsaturated/α-hetero) is 1. The van der Waals surface area contributed by atoms with Gasteiger partial charge in [-0.3, -0.25) is 4.79 Å². The molecule has 1 aromatic heterocycles. The maximum atomic E-state index is 11.7. The van der Waals surface area contributed by atoms with Gasteiger partial charge < -0.3 is 14.0 Å². The molecule has 0 aliphatic rings. The highest BCUT2D eigenvalue weighted by atomic mass is 16.6. The van der Waals surface area contributed by atoms with E-state index in [4.69, 9.17) is 14.0 Å². The Labute approximate surface area is 133 Å². The van der Waals surface area contributed by atoms with E-state index in [2.05, 4.69) is 10.1 Å². The van der Waals surface area contributed by atoms with Gasteiger partial charge in [0.25, 0.3) is 5.89 Å². The van der Waals surface area contributed by atoms with E-state index >= 15 is 0 Å². The van der Waals surface area contributed by atoms with Gasteiger partial charge in [-0.1, -0.05) is 12.1 Å². The summed E-state index contributed by atoms with van der Waals surface area (Å²) in [6, 6.07) is 6.61. The average Bonchev–Trinajstić information content (AvgIpc) is 2.99. The number of ether oxygens (including phenoxy) is 2. The first kappa shape index (κ1) is 16.7. The van der Waals surface area contributed by atoms with Crippen molar-refractivity contribution in [3.8, 4) is 5.75 Å². The monoisotopic (exact) mass is 318 g/mol. The lowest BCUT2D eigenvalue weighted by atomic mass is 10.1. The summed E-state index contributed by atoms with van der Waals surface area (Å²) in [5, 5.41) is 3.63. The number of carbonyl (C=O) groups is 2. The molecule has 0 aliphatic carbocycles. The normalized spacial score (nSPS) is 11.8. The van der Waals surface area contributed by atoms with E-state index in [1.54, 1.807) is 45.0 Å². The van der Waals surface area contributed by atoms with Gasteiger partial charge in [-0.25, -0.2) is 4.79 Å². The largest absolute Gasteiger partial charge is 0.482 e. The fraction of sp³-hybridized carbons (Fsp3) is 0.375. The van der Waals surface area contributed by atoms with Crippen LogP contribution in [0.3, 0.4) is 0 Å². The van der Waals surface area contributed by atoms with E-state index in [-0.39, 0.29) is 18.3 Å². The number of benzene rings is 1. The van der Waals surface area contributed by atoms with Crippen LogP contribution < -0.4 is 4.74 Å². The molecule has 0 saturated carbocycles. The first-order valence-corrected chi connectivity index (χ1v) is 7.25. The Bertz CT molecular complexity index is 678. The van der Waals surface area contributed by atoms with E-state index in [0.29, 0.717) is 23.6 Å². The van der Waals surface area contributed by atoms with E-state index in [9.17, 15) is 9.59 Å². The molecule has 0 N–H and O–H groups in total. The first-order chi connectivity index (χ1) is 11.0. The van der Waals surface area contributed by atoms with Gasteiger partial charge in [0.05, 0.1) is 0 Å². The molecule has 1 atom stereocenters. The number of hydrogen-bond donors (Lipinski definition) is 0. The Morgan fingerprint density at radius 3 is 2.52 bits per heavy atom. The van der Waals surface area contributed by atoms with Crippen LogP contribution in [0.25, 0.3) is 0 Å². The number of hydrogen-bond acceptors (Lipinski definition) is 7. The molecule has 0 amide bonds. The van der Waals surface area contributed by atoms with Crippen molar-refractivity contribution in [1.29, 1.82) is 0 Å². The highest BCUT2D eigenvalue weighted by Gasteiger charge is 2.18. The molecule has 2 rings (SSSR count). The molecule has 7 nitrogen and oxygen atoms in total. The predicted molar refractivity (Wildman–Crippen MR) is 80.1 cm³/mol. The highest BCUT2D eigenvalue weighted by molar-refractivity contribution is 5.95. The number of esters is 1. The van der Waals surface area contributed by atoms with Crippen LogP contribution in [0.1, 0.15) is 48.4 Å². The van der Waals surface area contributed by atoms with Crippen LogP contribution in [0.2, 0.25) is 0 Å². The molecule has 0 fully saturated rings. The van der Waals surface area contributed by atoms with E-state index in [0.717, 1.165) is 0 Å². The summed E-state index contributed by atoms with van der Waals surface area (Å²) in [5.41, 5.74) is 0.614. The lowest BCUT2D eigenvalue weighted by Gasteiger charge is -2.10. The molecule has 122 valence electrons. The Morgan fingerprint density at radius 2 is 1.96 bits per heavy atom. The smallest absolute Gasteiger partial charge is 0.344 e. The summed E-state index contributed by atoms with van der Waals surface area (Å²) >= 11 is 0. The maximum Gasteiger partial charge on any atom is 0.344 e. The van der Waals surface area contributed by atoms with Gasteiger partial charge in [0.15, 0.2) is 24.3 Å². The van der Waals surface area contributed by atoms with E-state index in [1.807, 2.05) is 0 Å². The van der Waals surface area contributed by atoms with Gasteiger partial charge in [-0.05, 0) is 38.1 Å². The van der Waals surface area contributed by atoms with Crippen LogP contribution in [0.4, 0.5) is 0 Å². The number of nitrogens with zero attached hydrogens (tertiary/aromatic N) is 2. The summed E-state index contributed by atoms with van der Waals surface area (Å²) in [7, 11) is 0. The summed E-state index contributed by atoms with van der Waals surface area (Å²) < 4.78 is 15.4. The van der Waals surface area contributed by atoms with Crippen molar-refractivity contribution in [2.45, 2.75) is 33.3 Å². The first-order valence-electron chi connectivity index (χ1n) is 7.25. The van der Waals surface area contributed by atoms with Crippen molar-refractivity contribution >= 4 is 11.8 Å². The Morgan fingerprint density at radius 1 is 1.26 bits per heavy atom. The van der Waals surface area contributed by atoms with Crippen LogP contribution in [-0.4, -0.2) is 28.5 Å². The SMILES string of the molecule is CCC(=O)c1ccc(OCC(=O)OC(C)c2nc(C)no2)cc1. The van der Waals surface area contributed by atoms with Crippen molar-refractivity contribution < 1.29 is 23.6 Å². The lowest BCUT2D eigenvalue weighted by molar-refractivity contribution is -0.152. The Balaban J connectivity index is 1.83. The summed E-state index contributed by atoms with van der Waals surface area (Å²) in [4.78, 5) is 27.2. The maximum absolute atomic E-state index is 11.7. The fourth-order valence-electron chi connectivity index (χ4n) is 1.84. The number of rotatable bonds is 7. The van der Waals surface area contributed by atoms with Gasteiger partial charge in [0, 0.05) is 12.0 Å². The van der Waals surface area contributed by atoms with Crippen molar-refractivity contribution in [3.63, 3.8) is 0 Å². The number of ketones is 1. The molecular formula is C16H18N2O5. The third-order valence-electron chi connectivity index (χ3n) is 3.05. The topological polar surface area (TPSA) is 91.5 Å². The molecule has 2 aromatic rings. The van der Waals surface area contributed by atoms with Gasteiger partial charge in [0.1, 0.15) is 5.75 Å². The second-order valence-corrected chi connectivity index (χ2v) is 4.90. The Kier molecular flexibility index (Phi) is 5.46. The minimum absolute atomic E-state index is 0.0552.